The molecule has 0 aliphatic carbocycles. The second kappa shape index (κ2) is 8.05. The molecule has 32 heavy (non-hydrogen) atoms. The van der Waals surface area contributed by atoms with Crippen LogP contribution in [0.5, 0.6) is 0 Å². The van der Waals surface area contributed by atoms with Crippen LogP contribution in [-0.4, -0.2) is 46.0 Å². The summed E-state index contributed by atoms with van der Waals surface area (Å²) < 4.78 is 11.1. The highest BCUT2D eigenvalue weighted by atomic mass is 16.5. The predicted octanol–water partition coefficient (Wildman–Crippen LogP) is 4.18. The number of carbonyl (C=O) groups is 1. The van der Waals surface area contributed by atoms with E-state index in [1.54, 1.807) is 0 Å². The van der Waals surface area contributed by atoms with E-state index < -0.39 is 5.97 Å². The van der Waals surface area contributed by atoms with Crippen LogP contribution in [0.15, 0.2) is 53.1 Å². The summed E-state index contributed by atoms with van der Waals surface area (Å²) in [5, 5.41) is 14.5. The summed E-state index contributed by atoms with van der Waals surface area (Å²) >= 11 is 0. The van der Waals surface area contributed by atoms with Crippen LogP contribution in [0.3, 0.4) is 0 Å². The maximum atomic E-state index is 11.8. The molecule has 1 saturated heterocycles. The van der Waals surface area contributed by atoms with Crippen LogP contribution in [-0.2, 0) is 4.74 Å². The molecule has 0 saturated carbocycles. The molecular formula is C24H22N4O4. The van der Waals surface area contributed by atoms with E-state index in [0.717, 1.165) is 33.5 Å². The van der Waals surface area contributed by atoms with Crippen LogP contribution >= 0.6 is 0 Å². The lowest BCUT2D eigenvalue weighted by molar-refractivity contribution is 0.0683. The van der Waals surface area contributed by atoms with E-state index in [1.807, 2.05) is 62.4 Å². The van der Waals surface area contributed by atoms with Crippen molar-refractivity contribution in [1.82, 2.24) is 15.1 Å². The van der Waals surface area contributed by atoms with Crippen molar-refractivity contribution in [2.75, 3.05) is 24.7 Å². The van der Waals surface area contributed by atoms with Gasteiger partial charge in [0.1, 0.15) is 11.6 Å². The lowest BCUT2D eigenvalue weighted by Gasteiger charge is -2.37. The average molecular weight is 430 g/mol. The molecule has 5 rings (SSSR count). The van der Waals surface area contributed by atoms with Crippen LogP contribution in [0.4, 0.5) is 5.82 Å². The normalized spacial score (nSPS) is 16.4. The predicted molar refractivity (Wildman–Crippen MR) is 119 cm³/mol. The number of benzene rings is 2. The van der Waals surface area contributed by atoms with Gasteiger partial charge in [-0.05, 0) is 37.1 Å². The molecule has 1 N–H and O–H groups in total. The second-order valence-electron chi connectivity index (χ2n) is 7.80. The van der Waals surface area contributed by atoms with Crippen molar-refractivity contribution in [1.29, 1.82) is 0 Å². The van der Waals surface area contributed by atoms with E-state index in [1.165, 1.54) is 0 Å². The molecule has 8 nitrogen and oxygen atoms in total. The molecular weight excluding hydrogens is 408 g/mol. The molecule has 0 amide bonds. The highest BCUT2D eigenvalue weighted by Gasteiger charge is 2.29. The van der Waals surface area contributed by atoms with Gasteiger partial charge in [-0.25, -0.2) is 14.8 Å². The van der Waals surface area contributed by atoms with Gasteiger partial charge in [-0.2, -0.15) is 0 Å². The first-order valence-corrected chi connectivity index (χ1v) is 10.4. The molecule has 162 valence electrons. The fourth-order valence-electron chi connectivity index (χ4n) is 4.29. The maximum Gasteiger partial charge on any atom is 0.374 e. The lowest BCUT2D eigenvalue weighted by atomic mass is 10.0. The summed E-state index contributed by atoms with van der Waals surface area (Å²) in [5.74, 6) is -0.0819. The number of hydrogen-bond acceptors (Lipinski definition) is 7. The number of nitrogens with zero attached hydrogens (tertiary/aromatic N) is 4. The largest absolute Gasteiger partial charge is 0.475 e. The number of anilines is 1. The number of aromatic nitrogens is 3. The summed E-state index contributed by atoms with van der Waals surface area (Å²) in [6.07, 6.45) is 0. The SMILES string of the molecule is Cc1noc(C)c1-c1ccc2nc(C(=O)O)nc(N3CCOC[C@@H]3c3ccccc3)c2c1. The number of aryl methyl sites for hydroxylation is 2. The van der Waals surface area contributed by atoms with Crippen LogP contribution < -0.4 is 4.90 Å². The average Bonchev–Trinajstić information content (AvgIpc) is 3.16. The number of rotatable bonds is 4. The number of carboxylic acids is 1. The van der Waals surface area contributed by atoms with Gasteiger partial charge in [-0.1, -0.05) is 41.6 Å². The Kier molecular flexibility index (Phi) is 5.07. The zero-order valence-electron chi connectivity index (χ0n) is 17.8. The van der Waals surface area contributed by atoms with Crippen LogP contribution in [0.1, 0.15) is 33.7 Å². The maximum absolute atomic E-state index is 11.8. The zero-order chi connectivity index (χ0) is 22.2. The fourth-order valence-corrected chi connectivity index (χ4v) is 4.29. The van der Waals surface area contributed by atoms with E-state index in [4.69, 9.17) is 9.26 Å². The Labute approximate surface area is 184 Å². The highest BCUT2D eigenvalue weighted by molar-refractivity contribution is 5.96. The number of carboxylic acid groups (broad SMARTS) is 1. The molecule has 0 unspecified atom stereocenters. The smallest absolute Gasteiger partial charge is 0.374 e. The molecule has 1 fully saturated rings. The summed E-state index contributed by atoms with van der Waals surface area (Å²) in [5.41, 5.74) is 4.28. The quantitative estimate of drug-likeness (QED) is 0.515. The molecule has 2 aromatic heterocycles. The Morgan fingerprint density at radius 1 is 1.12 bits per heavy atom. The van der Waals surface area contributed by atoms with E-state index in [2.05, 4.69) is 20.0 Å². The molecule has 0 spiro atoms. The number of morpholine rings is 1. The second-order valence-corrected chi connectivity index (χ2v) is 7.80. The van der Waals surface area contributed by atoms with Gasteiger partial charge in [0.15, 0.2) is 0 Å². The number of hydrogen-bond donors (Lipinski definition) is 1. The van der Waals surface area contributed by atoms with Gasteiger partial charge in [0.25, 0.3) is 0 Å². The Bertz CT molecular complexity index is 1280. The number of aromatic carboxylic acids is 1. The zero-order valence-corrected chi connectivity index (χ0v) is 17.8. The van der Waals surface area contributed by atoms with Gasteiger partial charge in [0.2, 0.25) is 5.82 Å². The monoisotopic (exact) mass is 430 g/mol. The summed E-state index contributed by atoms with van der Waals surface area (Å²) in [6.45, 7) is 5.37. The minimum atomic E-state index is -1.16. The van der Waals surface area contributed by atoms with Gasteiger partial charge in [-0.15, -0.1) is 0 Å². The van der Waals surface area contributed by atoms with Crippen molar-refractivity contribution < 1.29 is 19.2 Å². The van der Waals surface area contributed by atoms with Crippen LogP contribution in [0.25, 0.3) is 22.0 Å². The summed E-state index contributed by atoms with van der Waals surface area (Å²) in [4.78, 5) is 22.7. The molecule has 3 heterocycles. The van der Waals surface area contributed by atoms with E-state index >= 15 is 0 Å². The number of fused-ring (bicyclic) bond motifs is 1. The minimum absolute atomic E-state index is 0.0904. The molecule has 0 bridgehead atoms. The van der Waals surface area contributed by atoms with Gasteiger partial charge < -0.3 is 19.3 Å². The van der Waals surface area contributed by atoms with Crippen molar-refractivity contribution in [3.05, 3.63) is 71.4 Å². The summed E-state index contributed by atoms with van der Waals surface area (Å²) in [7, 11) is 0. The van der Waals surface area contributed by atoms with Gasteiger partial charge >= 0.3 is 5.97 Å². The first kappa shape index (κ1) is 20.1. The van der Waals surface area contributed by atoms with Crippen LogP contribution in [0.2, 0.25) is 0 Å². The van der Waals surface area contributed by atoms with E-state index in [-0.39, 0.29) is 11.9 Å². The van der Waals surface area contributed by atoms with E-state index in [9.17, 15) is 9.90 Å². The lowest BCUT2D eigenvalue weighted by Crippen LogP contribution is -2.40. The Balaban J connectivity index is 1.72. The molecule has 0 radical (unpaired) electrons. The van der Waals surface area contributed by atoms with Gasteiger partial charge in [0, 0.05) is 17.5 Å². The molecule has 1 aliphatic rings. The third-order valence-electron chi connectivity index (χ3n) is 5.77. The number of ether oxygens (including phenoxy) is 1. The van der Waals surface area contributed by atoms with Crippen molar-refractivity contribution in [2.45, 2.75) is 19.9 Å². The third kappa shape index (κ3) is 3.48. The molecule has 8 heteroatoms. The van der Waals surface area contributed by atoms with Crippen molar-refractivity contribution in [3.8, 4) is 11.1 Å². The molecule has 1 atom stereocenters. The molecule has 1 aliphatic heterocycles. The topological polar surface area (TPSA) is 102 Å². The van der Waals surface area contributed by atoms with Crippen LogP contribution in [0, 0.1) is 13.8 Å². The first-order valence-electron chi connectivity index (χ1n) is 10.4. The van der Waals surface area contributed by atoms with Crippen molar-refractivity contribution in [3.63, 3.8) is 0 Å². The van der Waals surface area contributed by atoms with Gasteiger partial charge in [-0.3, -0.25) is 0 Å². The fraction of sp³-hybridized carbons (Fsp3) is 0.250. The van der Waals surface area contributed by atoms with Gasteiger partial charge in [0.05, 0.1) is 30.5 Å². The Morgan fingerprint density at radius 3 is 2.66 bits per heavy atom. The van der Waals surface area contributed by atoms with E-state index in [0.29, 0.717) is 31.1 Å². The third-order valence-corrected chi connectivity index (χ3v) is 5.77. The summed E-state index contributed by atoms with van der Waals surface area (Å²) in [6, 6.07) is 15.7. The Hall–Kier alpha value is -3.78. The first-order chi connectivity index (χ1) is 15.5. The van der Waals surface area contributed by atoms with Crippen molar-refractivity contribution in [2.24, 2.45) is 0 Å². The standard InChI is InChI=1S/C24H22N4O4/c1-14-21(15(2)32-27-14)17-8-9-19-18(12-17)23(26-22(25-19)24(29)30)28-10-11-31-13-20(28)16-6-4-3-5-7-16/h3-9,12,20H,10-11,13H2,1-2H3,(H,29,30)/t20-/m1/s1. The van der Waals surface area contributed by atoms with Crippen molar-refractivity contribution >= 4 is 22.7 Å². The molecule has 2 aromatic carbocycles. The Morgan fingerprint density at radius 2 is 1.94 bits per heavy atom. The molecule has 4 aromatic rings. The minimum Gasteiger partial charge on any atom is -0.475 e. The highest BCUT2D eigenvalue weighted by Crippen LogP contribution is 2.36.